The van der Waals surface area contributed by atoms with Gasteiger partial charge in [0.2, 0.25) is 0 Å². The van der Waals surface area contributed by atoms with E-state index >= 15 is 0 Å². The van der Waals surface area contributed by atoms with Crippen molar-refractivity contribution in [3.8, 4) is 0 Å². The fourth-order valence-electron chi connectivity index (χ4n) is 3.18. The highest BCUT2D eigenvalue weighted by Gasteiger charge is 2.29. The lowest BCUT2D eigenvalue weighted by atomic mass is 9.76. The Hall–Kier alpha value is -0.180. The summed E-state index contributed by atoms with van der Waals surface area (Å²) in [6, 6.07) is 0. The Morgan fingerprint density at radius 3 is 2.58 bits per heavy atom. The normalized spacial score (nSPS) is 27.2. The molecule has 0 amide bonds. The number of aliphatic imine (C=N–C) groups is 1. The molecule has 0 aromatic rings. The summed E-state index contributed by atoms with van der Waals surface area (Å²) in [5.41, 5.74) is 0.918. The lowest BCUT2D eigenvalue weighted by Crippen LogP contribution is -2.35. The Kier molecular flexibility index (Phi) is 4.86. The van der Waals surface area contributed by atoms with Crippen molar-refractivity contribution in [1.29, 1.82) is 0 Å². The molecule has 0 radical (unpaired) electrons. The van der Waals surface area contributed by atoms with Crippen LogP contribution in [0.3, 0.4) is 0 Å². The molecule has 1 saturated carbocycles. The van der Waals surface area contributed by atoms with Crippen molar-refractivity contribution in [2.75, 3.05) is 13.1 Å². The molecule has 0 aromatic carbocycles. The maximum Gasteiger partial charge on any atom is 0.156 e. The van der Waals surface area contributed by atoms with Crippen molar-refractivity contribution in [2.45, 2.75) is 71.5 Å². The molecule has 0 aromatic heterocycles. The molecule has 2 nitrogen and oxygen atoms in total. The molecule has 2 rings (SSSR count). The van der Waals surface area contributed by atoms with E-state index in [4.69, 9.17) is 0 Å². The number of hydrogen-bond acceptors (Lipinski definition) is 3. The first-order valence-electron chi connectivity index (χ1n) is 7.81. The van der Waals surface area contributed by atoms with Gasteiger partial charge in [0.25, 0.3) is 0 Å². The molecule has 3 heteroatoms. The second-order valence-electron chi connectivity index (χ2n) is 7.88. The number of thioether (sulfide) groups is 1. The van der Waals surface area contributed by atoms with Crippen LogP contribution in [0.1, 0.15) is 66.2 Å². The molecule has 110 valence electrons. The average Bonchev–Trinajstić information content (AvgIpc) is 2.73. The molecule has 0 saturated heterocycles. The maximum atomic E-state index is 4.69. The van der Waals surface area contributed by atoms with Gasteiger partial charge in [0.15, 0.2) is 5.17 Å². The van der Waals surface area contributed by atoms with Crippen LogP contribution in [-0.4, -0.2) is 23.5 Å². The largest absolute Gasteiger partial charge is 0.364 e. The predicted octanol–water partition coefficient (Wildman–Crippen LogP) is 4.45. The zero-order valence-electron chi connectivity index (χ0n) is 13.1. The summed E-state index contributed by atoms with van der Waals surface area (Å²) in [4.78, 5) is 4.69. The fraction of sp³-hybridized carbons (Fsp3) is 0.938. The summed E-state index contributed by atoms with van der Waals surface area (Å²) in [7, 11) is 0. The zero-order chi connectivity index (χ0) is 13.9. The summed E-state index contributed by atoms with van der Waals surface area (Å²) in [6.45, 7) is 11.5. The number of amidine groups is 1. The van der Waals surface area contributed by atoms with Crippen LogP contribution in [-0.2, 0) is 0 Å². The molecule has 1 N–H and O–H groups in total. The zero-order valence-corrected chi connectivity index (χ0v) is 13.9. The minimum atomic E-state index is 0.415. The van der Waals surface area contributed by atoms with Crippen LogP contribution >= 0.6 is 11.8 Å². The van der Waals surface area contributed by atoms with Crippen molar-refractivity contribution in [2.24, 2.45) is 15.8 Å². The third-order valence-electron chi connectivity index (χ3n) is 4.28. The monoisotopic (exact) mass is 282 g/mol. The lowest BCUT2D eigenvalue weighted by molar-refractivity contribution is 0.218. The fourth-order valence-corrected chi connectivity index (χ4v) is 4.53. The Morgan fingerprint density at radius 1 is 1.26 bits per heavy atom. The molecule has 19 heavy (non-hydrogen) atoms. The smallest absolute Gasteiger partial charge is 0.156 e. The van der Waals surface area contributed by atoms with E-state index in [0.29, 0.717) is 16.1 Å². The van der Waals surface area contributed by atoms with Crippen molar-refractivity contribution in [3.05, 3.63) is 0 Å². The Bertz CT molecular complexity index is 324. The van der Waals surface area contributed by atoms with Crippen LogP contribution in [0.15, 0.2) is 4.99 Å². The standard InChI is InChI=1S/C16H30N2S/c1-15(2,3)10-13-11-17-14(19-13)18-12-16(4)8-6-5-7-9-16/h13H,5-12H2,1-4H3,(H,17,18). The van der Waals surface area contributed by atoms with Gasteiger partial charge in [0.05, 0.1) is 6.54 Å². The third kappa shape index (κ3) is 5.02. The van der Waals surface area contributed by atoms with Crippen LogP contribution in [0, 0.1) is 10.8 Å². The van der Waals surface area contributed by atoms with Gasteiger partial charge in [-0.3, -0.25) is 4.99 Å². The van der Waals surface area contributed by atoms with Crippen LogP contribution in [0.25, 0.3) is 0 Å². The number of rotatable bonds is 3. The molecule has 0 bridgehead atoms. The first-order chi connectivity index (χ1) is 8.86. The molecular weight excluding hydrogens is 252 g/mol. The van der Waals surface area contributed by atoms with Gasteiger partial charge in [-0.1, -0.05) is 58.7 Å². The van der Waals surface area contributed by atoms with Gasteiger partial charge in [-0.15, -0.1) is 0 Å². The predicted molar refractivity (Wildman–Crippen MR) is 86.9 cm³/mol. The maximum absolute atomic E-state index is 4.69. The van der Waals surface area contributed by atoms with E-state index in [9.17, 15) is 0 Å². The summed E-state index contributed by atoms with van der Waals surface area (Å²) in [5, 5.41) is 5.50. The van der Waals surface area contributed by atoms with E-state index in [-0.39, 0.29) is 0 Å². The Morgan fingerprint density at radius 2 is 1.95 bits per heavy atom. The van der Waals surface area contributed by atoms with Crippen LogP contribution < -0.4 is 5.32 Å². The summed E-state index contributed by atoms with van der Waals surface area (Å²) >= 11 is 1.96. The van der Waals surface area contributed by atoms with Crippen molar-refractivity contribution >= 4 is 16.9 Å². The Labute approximate surface area is 123 Å². The molecule has 2 aliphatic rings. The quantitative estimate of drug-likeness (QED) is 0.827. The van der Waals surface area contributed by atoms with E-state index in [0.717, 1.165) is 13.1 Å². The highest BCUT2D eigenvalue weighted by Crippen LogP contribution is 2.36. The van der Waals surface area contributed by atoms with E-state index in [1.54, 1.807) is 0 Å². The lowest BCUT2D eigenvalue weighted by Gasteiger charge is -2.33. The van der Waals surface area contributed by atoms with Gasteiger partial charge in [-0.2, -0.15) is 0 Å². The van der Waals surface area contributed by atoms with Gasteiger partial charge in [0.1, 0.15) is 0 Å². The van der Waals surface area contributed by atoms with Crippen LogP contribution in [0.2, 0.25) is 0 Å². The summed E-state index contributed by atoms with van der Waals surface area (Å²) in [5.74, 6) is 0. The van der Waals surface area contributed by atoms with Gasteiger partial charge < -0.3 is 5.32 Å². The minimum Gasteiger partial charge on any atom is -0.364 e. The molecule has 1 fully saturated rings. The first kappa shape index (κ1) is 15.2. The van der Waals surface area contributed by atoms with Gasteiger partial charge in [-0.25, -0.2) is 0 Å². The first-order valence-corrected chi connectivity index (χ1v) is 8.69. The molecule has 0 spiro atoms. The van der Waals surface area contributed by atoms with Crippen LogP contribution in [0.4, 0.5) is 0 Å². The van der Waals surface area contributed by atoms with Crippen LogP contribution in [0.5, 0.6) is 0 Å². The topological polar surface area (TPSA) is 24.4 Å². The van der Waals surface area contributed by atoms with Crippen molar-refractivity contribution in [3.63, 3.8) is 0 Å². The second-order valence-corrected chi connectivity index (χ2v) is 9.16. The van der Waals surface area contributed by atoms with E-state index in [1.165, 1.54) is 43.7 Å². The Balaban J connectivity index is 1.73. The van der Waals surface area contributed by atoms with Gasteiger partial charge in [0, 0.05) is 11.8 Å². The van der Waals surface area contributed by atoms with Gasteiger partial charge >= 0.3 is 0 Å². The average molecular weight is 282 g/mol. The molecule has 1 aliphatic heterocycles. The molecule has 1 atom stereocenters. The SMILES string of the molecule is CC(C)(C)CC1CN=C(NCC2(C)CCCCC2)S1. The minimum absolute atomic E-state index is 0.415. The second kappa shape index (κ2) is 6.07. The number of nitrogens with zero attached hydrogens (tertiary/aromatic N) is 1. The van der Waals surface area contributed by atoms with Crippen molar-refractivity contribution < 1.29 is 0 Å². The van der Waals surface area contributed by atoms with E-state index < -0.39 is 0 Å². The molecular formula is C16H30N2S. The summed E-state index contributed by atoms with van der Waals surface area (Å²) < 4.78 is 0. The number of hydrogen-bond donors (Lipinski definition) is 1. The molecule has 1 unspecified atom stereocenters. The molecule has 1 aliphatic carbocycles. The molecule has 1 heterocycles. The van der Waals surface area contributed by atoms with Gasteiger partial charge in [-0.05, 0) is 30.1 Å². The number of nitrogens with one attached hydrogen (secondary N) is 1. The highest BCUT2D eigenvalue weighted by atomic mass is 32.2. The highest BCUT2D eigenvalue weighted by molar-refractivity contribution is 8.14. The van der Waals surface area contributed by atoms with E-state index in [2.05, 4.69) is 38.0 Å². The summed E-state index contributed by atoms with van der Waals surface area (Å²) in [6.07, 6.45) is 8.25. The van der Waals surface area contributed by atoms with E-state index in [1.807, 2.05) is 11.8 Å². The van der Waals surface area contributed by atoms with Crippen molar-refractivity contribution in [1.82, 2.24) is 5.32 Å². The third-order valence-corrected chi connectivity index (χ3v) is 5.43.